The molecule has 2 heterocycles. The highest BCUT2D eigenvalue weighted by Gasteiger charge is 2.19. The highest BCUT2D eigenvalue weighted by molar-refractivity contribution is 6.29. The summed E-state index contributed by atoms with van der Waals surface area (Å²) in [6.07, 6.45) is 3.79. The van der Waals surface area contributed by atoms with Crippen LogP contribution in [0, 0.1) is 5.95 Å². The van der Waals surface area contributed by atoms with Crippen LogP contribution >= 0.6 is 11.6 Å². The third kappa shape index (κ3) is 6.81. The fourth-order valence-electron chi connectivity index (χ4n) is 3.57. The Labute approximate surface area is 198 Å². The number of pyridine rings is 2. The number of carbonyl (C=O) groups is 1. The molecule has 6 nitrogen and oxygen atoms in total. The minimum absolute atomic E-state index is 0.115. The monoisotopic (exact) mass is 470 g/mol. The molecule has 1 amide bonds. The van der Waals surface area contributed by atoms with Gasteiger partial charge in [-0.15, -0.1) is 0 Å². The van der Waals surface area contributed by atoms with E-state index in [1.54, 1.807) is 49.6 Å². The first kappa shape index (κ1) is 24.8. The van der Waals surface area contributed by atoms with Crippen molar-refractivity contribution in [1.29, 1.82) is 0 Å². The van der Waals surface area contributed by atoms with Gasteiger partial charge in [0, 0.05) is 42.2 Å². The lowest BCUT2D eigenvalue weighted by molar-refractivity contribution is 0.0783. The lowest BCUT2D eigenvalue weighted by Gasteiger charge is -2.23. The van der Waals surface area contributed by atoms with Crippen molar-refractivity contribution in [3.05, 3.63) is 94.3 Å². The number of aromatic nitrogens is 2. The fraction of sp³-hybridized carbons (Fsp3) is 0.320. The maximum Gasteiger partial charge on any atom is 0.253 e. The third-order valence-electron chi connectivity index (χ3n) is 5.52. The number of aliphatic hydroxyl groups excluding tert-OH is 1. The summed E-state index contributed by atoms with van der Waals surface area (Å²) in [4.78, 5) is 21.8. The highest BCUT2D eigenvalue weighted by Crippen LogP contribution is 2.19. The minimum atomic E-state index is -0.681. The zero-order chi connectivity index (χ0) is 23.8. The van der Waals surface area contributed by atoms with Crippen LogP contribution in [0.15, 0.2) is 60.9 Å². The van der Waals surface area contributed by atoms with Gasteiger partial charge in [0.05, 0.1) is 12.6 Å². The molecule has 2 unspecified atom stereocenters. The van der Waals surface area contributed by atoms with Gasteiger partial charge < -0.3 is 15.3 Å². The maximum atomic E-state index is 13.8. The maximum absolute atomic E-state index is 13.8. The zero-order valence-corrected chi connectivity index (χ0v) is 19.5. The Morgan fingerprint density at radius 1 is 1.18 bits per heavy atom. The first-order chi connectivity index (χ1) is 15.9. The molecule has 8 heteroatoms. The van der Waals surface area contributed by atoms with Crippen LogP contribution in [0.25, 0.3) is 0 Å². The Kier molecular flexibility index (Phi) is 8.88. The Hall–Kier alpha value is -2.87. The van der Waals surface area contributed by atoms with Gasteiger partial charge in [-0.2, -0.15) is 4.39 Å². The van der Waals surface area contributed by atoms with Crippen LogP contribution < -0.4 is 5.32 Å². The predicted molar refractivity (Wildman–Crippen MR) is 126 cm³/mol. The second kappa shape index (κ2) is 11.8. The molecule has 1 aromatic carbocycles. The van der Waals surface area contributed by atoms with Crippen molar-refractivity contribution in [2.24, 2.45) is 0 Å². The topological polar surface area (TPSA) is 78.4 Å². The Bertz CT molecular complexity index is 1050. The molecule has 33 heavy (non-hydrogen) atoms. The van der Waals surface area contributed by atoms with Crippen LogP contribution in [0.1, 0.15) is 46.5 Å². The van der Waals surface area contributed by atoms with E-state index in [0.717, 1.165) is 24.0 Å². The molecule has 0 fully saturated rings. The van der Waals surface area contributed by atoms with Crippen LogP contribution in [-0.2, 0) is 13.0 Å². The molecule has 0 spiro atoms. The van der Waals surface area contributed by atoms with Gasteiger partial charge in [-0.1, -0.05) is 42.8 Å². The fourth-order valence-corrected chi connectivity index (χ4v) is 3.69. The van der Waals surface area contributed by atoms with Gasteiger partial charge in [0.25, 0.3) is 5.91 Å². The summed E-state index contributed by atoms with van der Waals surface area (Å²) in [5.74, 6) is -0.753. The summed E-state index contributed by atoms with van der Waals surface area (Å²) in [5, 5.41) is 14.4. The van der Waals surface area contributed by atoms with Crippen molar-refractivity contribution in [1.82, 2.24) is 20.2 Å². The third-order valence-corrected chi connectivity index (χ3v) is 5.75. The molecular formula is C25H28ClFN4O2. The standard InChI is InChI=1S/C25H28ClFN4O2/c1-3-21(23(32)19-10-11-22(26)30-15-19)28-14-12-17-6-8-18(9-7-17)25(33)31(2)16-20-5-4-13-29-24(20)27/h4-11,13,15,21,23,28,32H,3,12,14,16H2,1-2H3. The van der Waals surface area contributed by atoms with E-state index < -0.39 is 12.1 Å². The van der Waals surface area contributed by atoms with Crippen molar-refractivity contribution in [2.75, 3.05) is 13.6 Å². The average Bonchev–Trinajstić information content (AvgIpc) is 2.83. The Morgan fingerprint density at radius 2 is 1.94 bits per heavy atom. The lowest BCUT2D eigenvalue weighted by Crippen LogP contribution is -2.35. The summed E-state index contributed by atoms with van der Waals surface area (Å²) in [6.45, 7) is 2.83. The highest BCUT2D eigenvalue weighted by atomic mass is 35.5. The number of hydrogen-bond donors (Lipinski definition) is 2. The van der Waals surface area contributed by atoms with Crippen LogP contribution in [0.3, 0.4) is 0 Å². The van der Waals surface area contributed by atoms with E-state index in [2.05, 4.69) is 15.3 Å². The minimum Gasteiger partial charge on any atom is -0.387 e. The Morgan fingerprint density at radius 3 is 2.58 bits per heavy atom. The van der Waals surface area contributed by atoms with Gasteiger partial charge >= 0.3 is 0 Å². The zero-order valence-electron chi connectivity index (χ0n) is 18.7. The molecule has 0 aliphatic rings. The van der Waals surface area contributed by atoms with Crippen molar-refractivity contribution in [3.8, 4) is 0 Å². The molecule has 2 aromatic heterocycles. The second-order valence-electron chi connectivity index (χ2n) is 7.89. The molecule has 174 valence electrons. The number of aliphatic hydroxyl groups is 1. The van der Waals surface area contributed by atoms with Gasteiger partial charge in [-0.05, 0) is 49.2 Å². The van der Waals surface area contributed by atoms with Crippen LogP contribution in [0.2, 0.25) is 5.15 Å². The Balaban J connectivity index is 1.52. The molecule has 2 atom stereocenters. The number of halogens is 2. The smallest absolute Gasteiger partial charge is 0.253 e. The van der Waals surface area contributed by atoms with Crippen LogP contribution in [0.4, 0.5) is 4.39 Å². The molecule has 0 saturated carbocycles. The number of nitrogens with zero attached hydrogens (tertiary/aromatic N) is 3. The largest absolute Gasteiger partial charge is 0.387 e. The van der Waals surface area contributed by atoms with Crippen molar-refractivity contribution in [2.45, 2.75) is 38.5 Å². The van der Waals surface area contributed by atoms with Gasteiger partial charge in [0.15, 0.2) is 0 Å². The molecule has 0 bridgehead atoms. The first-order valence-corrected chi connectivity index (χ1v) is 11.2. The van der Waals surface area contributed by atoms with E-state index in [-0.39, 0.29) is 18.5 Å². The summed E-state index contributed by atoms with van der Waals surface area (Å²) in [6, 6.07) is 14.0. The van der Waals surface area contributed by atoms with Crippen LogP contribution in [-0.4, -0.2) is 45.5 Å². The normalized spacial score (nSPS) is 12.9. The summed E-state index contributed by atoms with van der Waals surface area (Å²) >= 11 is 5.82. The molecule has 3 aromatic rings. The molecule has 0 aliphatic heterocycles. The average molecular weight is 471 g/mol. The molecular weight excluding hydrogens is 443 g/mol. The number of carbonyl (C=O) groups excluding carboxylic acids is 1. The summed E-state index contributed by atoms with van der Waals surface area (Å²) in [5.41, 5.74) is 2.70. The molecule has 0 saturated heterocycles. The number of nitrogens with one attached hydrogen (secondary N) is 1. The van der Waals surface area contributed by atoms with Gasteiger partial charge in [0.2, 0.25) is 5.95 Å². The molecule has 0 aliphatic carbocycles. The van der Waals surface area contributed by atoms with E-state index in [1.807, 2.05) is 19.1 Å². The predicted octanol–water partition coefficient (Wildman–Crippen LogP) is 4.19. The number of hydrogen-bond acceptors (Lipinski definition) is 5. The van der Waals surface area contributed by atoms with Gasteiger partial charge in [-0.25, -0.2) is 9.97 Å². The van der Waals surface area contributed by atoms with E-state index in [1.165, 1.54) is 11.1 Å². The van der Waals surface area contributed by atoms with Crippen molar-refractivity contribution >= 4 is 17.5 Å². The quantitative estimate of drug-likeness (QED) is 0.434. The summed E-state index contributed by atoms with van der Waals surface area (Å²) < 4.78 is 13.8. The lowest BCUT2D eigenvalue weighted by atomic mass is 10.0. The van der Waals surface area contributed by atoms with E-state index >= 15 is 0 Å². The SMILES string of the molecule is CCC(NCCc1ccc(C(=O)N(C)Cc2cccnc2F)cc1)C(O)c1ccc(Cl)nc1. The van der Waals surface area contributed by atoms with E-state index in [4.69, 9.17) is 11.6 Å². The van der Waals surface area contributed by atoms with Gasteiger partial charge in [0.1, 0.15) is 5.15 Å². The molecule has 2 N–H and O–H groups in total. The number of amides is 1. The number of rotatable bonds is 10. The molecule has 0 radical (unpaired) electrons. The first-order valence-electron chi connectivity index (χ1n) is 10.9. The van der Waals surface area contributed by atoms with E-state index in [0.29, 0.717) is 22.8 Å². The molecule has 3 rings (SSSR count). The summed E-state index contributed by atoms with van der Waals surface area (Å²) in [7, 11) is 1.64. The van der Waals surface area contributed by atoms with Crippen molar-refractivity contribution < 1.29 is 14.3 Å². The van der Waals surface area contributed by atoms with Crippen LogP contribution in [0.5, 0.6) is 0 Å². The number of benzene rings is 1. The second-order valence-corrected chi connectivity index (χ2v) is 8.28. The van der Waals surface area contributed by atoms with Gasteiger partial charge in [-0.3, -0.25) is 4.79 Å². The van der Waals surface area contributed by atoms with E-state index in [9.17, 15) is 14.3 Å². The van der Waals surface area contributed by atoms with Crippen molar-refractivity contribution in [3.63, 3.8) is 0 Å².